The number of amides is 2. The van der Waals surface area contributed by atoms with Crippen molar-refractivity contribution in [1.82, 2.24) is 10.2 Å². The first kappa shape index (κ1) is 16.9. The second-order valence-corrected chi connectivity index (χ2v) is 5.44. The van der Waals surface area contributed by atoms with E-state index in [-0.39, 0.29) is 17.7 Å². The van der Waals surface area contributed by atoms with Crippen molar-refractivity contribution in [2.24, 2.45) is 17.6 Å². The summed E-state index contributed by atoms with van der Waals surface area (Å²) in [5, 5.41) is 2.89. The van der Waals surface area contributed by atoms with Crippen LogP contribution in [0.1, 0.15) is 19.8 Å². The van der Waals surface area contributed by atoms with E-state index in [9.17, 15) is 9.59 Å². The van der Waals surface area contributed by atoms with Gasteiger partial charge in [-0.2, -0.15) is 0 Å². The highest BCUT2D eigenvalue weighted by molar-refractivity contribution is 5.85. The standard InChI is InChI=1S/C14H26N3O3/c1-11(14(15)19)3-4-13(18)16-9-12-5-6-17(10-12)7-8-20-2/h4,11-12H,3,5-10H2,1-2H3,(H2,15,19)(H,16,18)/t11?,12-/m0/s1. The number of rotatable bonds is 9. The number of primary amides is 1. The van der Waals surface area contributed by atoms with Gasteiger partial charge in [0.25, 0.3) is 0 Å². The van der Waals surface area contributed by atoms with Gasteiger partial charge < -0.3 is 20.7 Å². The Kier molecular flexibility index (Phi) is 7.54. The molecule has 1 fully saturated rings. The van der Waals surface area contributed by atoms with E-state index in [0.29, 0.717) is 18.9 Å². The maximum atomic E-state index is 11.6. The molecule has 1 rings (SSSR count). The number of likely N-dealkylation sites (tertiary alicyclic amines) is 1. The molecule has 115 valence electrons. The number of ether oxygens (including phenoxy) is 1. The van der Waals surface area contributed by atoms with E-state index in [4.69, 9.17) is 10.5 Å². The van der Waals surface area contributed by atoms with E-state index in [0.717, 1.165) is 32.7 Å². The van der Waals surface area contributed by atoms with Gasteiger partial charge >= 0.3 is 0 Å². The van der Waals surface area contributed by atoms with Gasteiger partial charge in [0, 0.05) is 32.7 Å². The fraction of sp³-hybridized carbons (Fsp3) is 0.786. The molecule has 6 heteroatoms. The topological polar surface area (TPSA) is 84.7 Å². The van der Waals surface area contributed by atoms with Gasteiger partial charge in [-0.25, -0.2) is 0 Å². The second-order valence-electron chi connectivity index (χ2n) is 5.44. The molecule has 1 saturated heterocycles. The smallest absolute Gasteiger partial charge is 0.223 e. The Bertz CT molecular complexity index is 323. The molecular formula is C14H26N3O3. The van der Waals surface area contributed by atoms with Gasteiger partial charge in [0.1, 0.15) is 0 Å². The van der Waals surface area contributed by atoms with Crippen molar-refractivity contribution >= 4 is 11.8 Å². The Morgan fingerprint density at radius 3 is 2.95 bits per heavy atom. The van der Waals surface area contributed by atoms with Crippen LogP contribution in [0.15, 0.2) is 0 Å². The first-order chi connectivity index (χ1) is 9.52. The summed E-state index contributed by atoms with van der Waals surface area (Å²) in [5.41, 5.74) is 5.14. The fourth-order valence-electron chi connectivity index (χ4n) is 2.22. The van der Waals surface area contributed by atoms with Crippen LogP contribution in [0.5, 0.6) is 0 Å². The van der Waals surface area contributed by atoms with E-state index < -0.39 is 0 Å². The van der Waals surface area contributed by atoms with Crippen LogP contribution in [0, 0.1) is 18.3 Å². The third kappa shape index (κ3) is 6.34. The number of nitrogens with zero attached hydrogens (tertiary/aromatic N) is 1. The number of nitrogens with one attached hydrogen (secondary N) is 1. The Labute approximate surface area is 121 Å². The number of carbonyl (C=O) groups excluding carboxylic acids is 2. The van der Waals surface area contributed by atoms with Gasteiger partial charge in [-0.1, -0.05) is 6.92 Å². The highest BCUT2D eigenvalue weighted by Crippen LogP contribution is 2.14. The number of hydrogen-bond donors (Lipinski definition) is 2. The molecule has 2 amide bonds. The summed E-state index contributed by atoms with van der Waals surface area (Å²) in [4.78, 5) is 24.8. The zero-order chi connectivity index (χ0) is 15.0. The zero-order valence-corrected chi connectivity index (χ0v) is 12.4. The lowest BCUT2D eigenvalue weighted by Gasteiger charge is -2.15. The Morgan fingerprint density at radius 2 is 2.30 bits per heavy atom. The third-order valence-corrected chi connectivity index (χ3v) is 3.69. The molecule has 0 aromatic rings. The SMILES string of the molecule is COCCN1CC[C@@H](CNC(=O)[CH]CC(C)C(N)=O)C1. The molecule has 3 N–H and O–H groups in total. The van der Waals surface area contributed by atoms with Crippen LogP contribution < -0.4 is 11.1 Å². The highest BCUT2D eigenvalue weighted by atomic mass is 16.5. The Balaban J connectivity index is 2.11. The molecule has 1 aliphatic heterocycles. The molecule has 1 aliphatic rings. The van der Waals surface area contributed by atoms with Crippen molar-refractivity contribution in [3.63, 3.8) is 0 Å². The predicted molar refractivity (Wildman–Crippen MR) is 76.7 cm³/mol. The van der Waals surface area contributed by atoms with Crippen LogP contribution in [0.4, 0.5) is 0 Å². The van der Waals surface area contributed by atoms with E-state index >= 15 is 0 Å². The van der Waals surface area contributed by atoms with Crippen LogP contribution in [-0.4, -0.2) is 56.6 Å². The molecule has 20 heavy (non-hydrogen) atoms. The molecule has 0 aliphatic carbocycles. The minimum atomic E-state index is -0.376. The number of hydrogen-bond acceptors (Lipinski definition) is 4. The molecule has 0 saturated carbocycles. The lowest BCUT2D eigenvalue weighted by atomic mass is 10.0. The van der Waals surface area contributed by atoms with Gasteiger partial charge in [-0.05, 0) is 25.3 Å². The summed E-state index contributed by atoms with van der Waals surface area (Å²) < 4.78 is 5.06. The molecule has 0 aromatic carbocycles. The Hall–Kier alpha value is -1.14. The lowest BCUT2D eigenvalue weighted by Crippen LogP contribution is -2.32. The summed E-state index contributed by atoms with van der Waals surface area (Å²) in [6.45, 7) is 6.16. The van der Waals surface area contributed by atoms with Gasteiger partial charge in [0.05, 0.1) is 13.0 Å². The first-order valence-electron chi connectivity index (χ1n) is 7.14. The summed E-state index contributed by atoms with van der Waals surface area (Å²) >= 11 is 0. The van der Waals surface area contributed by atoms with E-state index in [2.05, 4.69) is 10.2 Å². The molecule has 0 spiro atoms. The van der Waals surface area contributed by atoms with Crippen molar-refractivity contribution in [1.29, 1.82) is 0 Å². The highest BCUT2D eigenvalue weighted by Gasteiger charge is 2.22. The monoisotopic (exact) mass is 284 g/mol. The molecule has 0 aromatic heterocycles. The summed E-state index contributed by atoms with van der Waals surface area (Å²) in [6.07, 6.45) is 3.00. The van der Waals surface area contributed by atoms with Crippen molar-refractivity contribution in [2.45, 2.75) is 19.8 Å². The van der Waals surface area contributed by atoms with Crippen molar-refractivity contribution in [3.8, 4) is 0 Å². The van der Waals surface area contributed by atoms with E-state index in [1.807, 2.05) is 0 Å². The maximum absolute atomic E-state index is 11.6. The summed E-state index contributed by atoms with van der Waals surface area (Å²) in [5.74, 6) is -0.290. The molecule has 1 heterocycles. The van der Waals surface area contributed by atoms with Crippen LogP contribution >= 0.6 is 0 Å². The summed E-state index contributed by atoms with van der Waals surface area (Å²) in [7, 11) is 1.71. The lowest BCUT2D eigenvalue weighted by molar-refractivity contribution is -0.121. The molecule has 1 unspecified atom stereocenters. The van der Waals surface area contributed by atoms with Gasteiger partial charge in [-0.3, -0.25) is 9.59 Å². The minimum Gasteiger partial charge on any atom is -0.383 e. The van der Waals surface area contributed by atoms with Crippen molar-refractivity contribution in [2.75, 3.05) is 39.9 Å². The predicted octanol–water partition coefficient (Wildman–Crippen LogP) is -0.213. The summed E-state index contributed by atoms with van der Waals surface area (Å²) in [6, 6.07) is 0. The number of nitrogens with two attached hydrogens (primary N) is 1. The molecule has 2 atom stereocenters. The van der Waals surface area contributed by atoms with Crippen LogP contribution in [0.25, 0.3) is 0 Å². The third-order valence-electron chi connectivity index (χ3n) is 3.69. The zero-order valence-electron chi connectivity index (χ0n) is 12.4. The largest absolute Gasteiger partial charge is 0.383 e. The van der Waals surface area contributed by atoms with Crippen molar-refractivity contribution < 1.29 is 14.3 Å². The Morgan fingerprint density at radius 1 is 1.55 bits per heavy atom. The maximum Gasteiger partial charge on any atom is 0.223 e. The van der Waals surface area contributed by atoms with E-state index in [1.54, 1.807) is 14.0 Å². The van der Waals surface area contributed by atoms with Gasteiger partial charge in [0.15, 0.2) is 0 Å². The minimum absolute atomic E-state index is 0.117. The second kappa shape index (κ2) is 8.92. The van der Waals surface area contributed by atoms with Crippen molar-refractivity contribution in [3.05, 3.63) is 6.42 Å². The van der Waals surface area contributed by atoms with Crippen LogP contribution in [-0.2, 0) is 14.3 Å². The van der Waals surface area contributed by atoms with E-state index in [1.165, 1.54) is 6.42 Å². The number of methoxy groups -OCH3 is 1. The van der Waals surface area contributed by atoms with Crippen LogP contribution in [0.2, 0.25) is 0 Å². The fourth-order valence-corrected chi connectivity index (χ4v) is 2.22. The molecule has 1 radical (unpaired) electrons. The first-order valence-corrected chi connectivity index (χ1v) is 7.14. The van der Waals surface area contributed by atoms with Gasteiger partial charge in [-0.15, -0.1) is 0 Å². The average Bonchev–Trinajstić information content (AvgIpc) is 2.87. The van der Waals surface area contributed by atoms with Crippen LogP contribution in [0.3, 0.4) is 0 Å². The quantitative estimate of drug-likeness (QED) is 0.613. The van der Waals surface area contributed by atoms with Gasteiger partial charge in [0.2, 0.25) is 11.8 Å². The molecule has 0 bridgehead atoms. The molecule has 6 nitrogen and oxygen atoms in total. The molecular weight excluding hydrogens is 258 g/mol. The average molecular weight is 284 g/mol. The number of carbonyl (C=O) groups is 2. The normalized spacial score (nSPS) is 20.8.